The lowest BCUT2D eigenvalue weighted by molar-refractivity contribution is 0.712. The number of hydrogen-bond donors (Lipinski definition) is 1. The molecular weight excluding hydrogens is 232 g/mol. The summed E-state index contributed by atoms with van der Waals surface area (Å²) in [4.78, 5) is 11.1. The van der Waals surface area contributed by atoms with Crippen LogP contribution in [0.1, 0.15) is 25.2 Å². The molecule has 4 nitrogen and oxygen atoms in total. The van der Waals surface area contributed by atoms with Gasteiger partial charge in [0.1, 0.15) is 17.5 Å². The number of aromatic nitrogens is 2. The van der Waals surface area contributed by atoms with Crippen LogP contribution >= 0.6 is 11.8 Å². The predicted octanol–water partition coefficient (Wildman–Crippen LogP) is 2.01. The number of nitrogens with zero attached hydrogens (tertiary/aromatic N) is 3. The van der Waals surface area contributed by atoms with Gasteiger partial charge in [0.15, 0.2) is 0 Å². The summed E-state index contributed by atoms with van der Waals surface area (Å²) in [6.07, 6.45) is 0. The standard InChI is InChI=1S/C12H20N4S/c1-7-5-16(6-8(2)17-7)12-9(3)11(13)14-10(4)15-12/h7-8H,5-6H2,1-4H3,(H2,13,14,15). The lowest BCUT2D eigenvalue weighted by Crippen LogP contribution is -2.41. The molecule has 2 atom stereocenters. The van der Waals surface area contributed by atoms with E-state index in [4.69, 9.17) is 5.73 Å². The lowest BCUT2D eigenvalue weighted by Gasteiger charge is -2.36. The molecule has 2 rings (SSSR count). The minimum atomic E-state index is 0.603. The topological polar surface area (TPSA) is 55.0 Å². The van der Waals surface area contributed by atoms with Gasteiger partial charge in [-0.3, -0.25) is 0 Å². The highest BCUT2D eigenvalue weighted by Crippen LogP contribution is 2.30. The summed E-state index contributed by atoms with van der Waals surface area (Å²) in [5.41, 5.74) is 6.92. The maximum Gasteiger partial charge on any atom is 0.137 e. The van der Waals surface area contributed by atoms with Gasteiger partial charge < -0.3 is 10.6 Å². The van der Waals surface area contributed by atoms with E-state index >= 15 is 0 Å². The monoisotopic (exact) mass is 252 g/mol. The number of anilines is 2. The molecule has 2 N–H and O–H groups in total. The van der Waals surface area contributed by atoms with E-state index in [1.807, 2.05) is 25.6 Å². The van der Waals surface area contributed by atoms with Crippen LogP contribution < -0.4 is 10.6 Å². The summed E-state index contributed by atoms with van der Waals surface area (Å²) in [6, 6.07) is 0. The fourth-order valence-corrected chi connectivity index (χ4v) is 3.62. The quantitative estimate of drug-likeness (QED) is 0.828. The highest BCUT2D eigenvalue weighted by Gasteiger charge is 2.25. The zero-order valence-corrected chi connectivity index (χ0v) is 11.7. The Morgan fingerprint density at radius 1 is 1.18 bits per heavy atom. The molecule has 94 valence electrons. The van der Waals surface area contributed by atoms with Crippen LogP contribution in [-0.2, 0) is 0 Å². The first-order valence-corrected chi connectivity index (χ1v) is 6.92. The molecule has 0 amide bonds. The predicted molar refractivity (Wildman–Crippen MR) is 74.6 cm³/mol. The van der Waals surface area contributed by atoms with E-state index in [2.05, 4.69) is 28.7 Å². The zero-order chi connectivity index (χ0) is 12.6. The molecule has 1 aromatic heterocycles. The zero-order valence-electron chi connectivity index (χ0n) is 10.9. The SMILES string of the molecule is Cc1nc(N)c(C)c(N2CC(C)SC(C)C2)n1. The Kier molecular flexibility index (Phi) is 3.47. The van der Waals surface area contributed by atoms with Gasteiger partial charge in [0.05, 0.1) is 0 Å². The Hall–Kier alpha value is -0.970. The van der Waals surface area contributed by atoms with E-state index in [0.717, 1.165) is 30.3 Å². The van der Waals surface area contributed by atoms with Gasteiger partial charge in [-0.2, -0.15) is 11.8 Å². The lowest BCUT2D eigenvalue weighted by atomic mass is 10.2. The van der Waals surface area contributed by atoms with Crippen molar-refractivity contribution in [1.29, 1.82) is 0 Å². The first-order valence-electron chi connectivity index (χ1n) is 5.98. The third kappa shape index (κ3) is 2.65. The van der Waals surface area contributed by atoms with E-state index in [0.29, 0.717) is 16.3 Å². The Bertz CT molecular complexity index is 411. The van der Waals surface area contributed by atoms with Gasteiger partial charge >= 0.3 is 0 Å². The van der Waals surface area contributed by atoms with Crippen LogP contribution in [0.25, 0.3) is 0 Å². The van der Waals surface area contributed by atoms with E-state index < -0.39 is 0 Å². The van der Waals surface area contributed by atoms with Crippen molar-refractivity contribution >= 4 is 23.4 Å². The second-order valence-corrected chi connectivity index (χ2v) is 6.65. The molecule has 0 radical (unpaired) electrons. The number of nitrogens with two attached hydrogens (primary N) is 1. The van der Waals surface area contributed by atoms with Crippen LogP contribution in [0.2, 0.25) is 0 Å². The van der Waals surface area contributed by atoms with E-state index in [-0.39, 0.29) is 0 Å². The average molecular weight is 252 g/mol. The molecule has 1 aliphatic heterocycles. The van der Waals surface area contributed by atoms with Crippen LogP contribution in [0.15, 0.2) is 0 Å². The van der Waals surface area contributed by atoms with Crippen LogP contribution in [0, 0.1) is 13.8 Å². The van der Waals surface area contributed by atoms with Gasteiger partial charge in [0.25, 0.3) is 0 Å². The second kappa shape index (κ2) is 4.72. The summed E-state index contributed by atoms with van der Waals surface area (Å²) in [5.74, 6) is 2.36. The Morgan fingerprint density at radius 2 is 1.76 bits per heavy atom. The number of thioether (sulfide) groups is 1. The smallest absolute Gasteiger partial charge is 0.137 e. The normalized spacial score (nSPS) is 25.1. The first kappa shape index (κ1) is 12.5. The number of rotatable bonds is 1. The average Bonchev–Trinajstić information content (AvgIpc) is 2.22. The molecule has 5 heteroatoms. The Labute approximate surface area is 107 Å². The highest BCUT2D eigenvalue weighted by molar-refractivity contribution is 8.00. The van der Waals surface area contributed by atoms with E-state index in [9.17, 15) is 0 Å². The van der Waals surface area contributed by atoms with Crippen molar-refractivity contribution in [3.8, 4) is 0 Å². The minimum absolute atomic E-state index is 0.603. The van der Waals surface area contributed by atoms with Crippen molar-refractivity contribution in [2.45, 2.75) is 38.2 Å². The molecular formula is C12H20N4S. The third-order valence-electron chi connectivity index (χ3n) is 2.99. The van der Waals surface area contributed by atoms with Gasteiger partial charge in [0.2, 0.25) is 0 Å². The minimum Gasteiger partial charge on any atom is -0.383 e. The summed E-state index contributed by atoms with van der Waals surface area (Å²) >= 11 is 2.04. The highest BCUT2D eigenvalue weighted by atomic mass is 32.2. The van der Waals surface area contributed by atoms with E-state index in [1.165, 1.54) is 0 Å². The van der Waals surface area contributed by atoms with Crippen LogP contribution in [0.3, 0.4) is 0 Å². The number of aryl methyl sites for hydroxylation is 1. The van der Waals surface area contributed by atoms with Gasteiger partial charge in [0, 0.05) is 29.2 Å². The van der Waals surface area contributed by atoms with Crippen molar-refractivity contribution in [3.05, 3.63) is 11.4 Å². The molecule has 2 heterocycles. The molecule has 1 fully saturated rings. The maximum absolute atomic E-state index is 5.91. The van der Waals surface area contributed by atoms with Crippen molar-refractivity contribution in [3.63, 3.8) is 0 Å². The van der Waals surface area contributed by atoms with Crippen molar-refractivity contribution in [2.24, 2.45) is 0 Å². The fraction of sp³-hybridized carbons (Fsp3) is 0.667. The second-order valence-electron chi connectivity index (χ2n) is 4.77. The molecule has 17 heavy (non-hydrogen) atoms. The van der Waals surface area contributed by atoms with Crippen molar-refractivity contribution in [1.82, 2.24) is 9.97 Å². The number of nitrogen functional groups attached to an aromatic ring is 1. The summed E-state index contributed by atoms with van der Waals surface area (Å²) in [5, 5.41) is 1.27. The Morgan fingerprint density at radius 3 is 2.35 bits per heavy atom. The van der Waals surface area contributed by atoms with Crippen molar-refractivity contribution < 1.29 is 0 Å². The molecule has 0 saturated carbocycles. The van der Waals surface area contributed by atoms with Gasteiger partial charge in [-0.15, -0.1) is 0 Å². The van der Waals surface area contributed by atoms with Crippen molar-refractivity contribution in [2.75, 3.05) is 23.7 Å². The molecule has 2 unspecified atom stereocenters. The number of hydrogen-bond acceptors (Lipinski definition) is 5. The third-order valence-corrected chi connectivity index (χ3v) is 4.22. The van der Waals surface area contributed by atoms with Gasteiger partial charge in [-0.1, -0.05) is 13.8 Å². The van der Waals surface area contributed by atoms with E-state index in [1.54, 1.807) is 0 Å². The molecule has 1 aromatic rings. The molecule has 0 aromatic carbocycles. The molecule has 1 saturated heterocycles. The molecule has 0 spiro atoms. The van der Waals surface area contributed by atoms with Gasteiger partial charge in [-0.05, 0) is 13.8 Å². The molecule has 0 bridgehead atoms. The van der Waals surface area contributed by atoms with Gasteiger partial charge in [-0.25, -0.2) is 9.97 Å². The van der Waals surface area contributed by atoms with Crippen LogP contribution in [-0.4, -0.2) is 33.6 Å². The largest absolute Gasteiger partial charge is 0.383 e. The summed E-state index contributed by atoms with van der Waals surface area (Å²) in [6.45, 7) is 10.5. The molecule has 1 aliphatic rings. The maximum atomic E-state index is 5.91. The first-order chi connectivity index (χ1) is 7.97. The Balaban J connectivity index is 2.33. The fourth-order valence-electron chi connectivity index (χ4n) is 2.29. The van der Waals surface area contributed by atoms with Crippen LogP contribution in [0.5, 0.6) is 0 Å². The van der Waals surface area contributed by atoms with Crippen LogP contribution in [0.4, 0.5) is 11.6 Å². The molecule has 0 aliphatic carbocycles. The summed E-state index contributed by atoms with van der Waals surface area (Å²) < 4.78 is 0. The summed E-state index contributed by atoms with van der Waals surface area (Å²) in [7, 11) is 0.